The molecule has 7 nitrogen and oxygen atoms in total. The molecule has 1 atom stereocenters. The molecule has 0 radical (unpaired) electrons. The molecule has 0 saturated heterocycles. The molecule has 1 aromatic rings. The summed E-state index contributed by atoms with van der Waals surface area (Å²) < 4.78 is 11.2. The van der Waals surface area contributed by atoms with Gasteiger partial charge in [0.1, 0.15) is 13.2 Å². The van der Waals surface area contributed by atoms with Gasteiger partial charge in [0.15, 0.2) is 11.5 Å². The molecular formula is C20H29N3O4. The maximum atomic E-state index is 11.6. The van der Waals surface area contributed by atoms with Gasteiger partial charge in [0.25, 0.3) is 0 Å². The number of hydrogen-bond acceptors (Lipinski definition) is 5. The fourth-order valence-corrected chi connectivity index (χ4v) is 3.47. The van der Waals surface area contributed by atoms with Gasteiger partial charge in [-0.25, -0.2) is 4.79 Å². The number of nitrogens with one attached hydrogen (secondary N) is 2. The summed E-state index contributed by atoms with van der Waals surface area (Å²) in [6, 6.07) is 6.00. The highest BCUT2D eigenvalue weighted by atomic mass is 16.6. The Morgan fingerprint density at radius 2 is 2.00 bits per heavy atom. The highest BCUT2D eigenvalue weighted by Gasteiger charge is 2.33. The maximum Gasteiger partial charge on any atom is 0.409 e. The van der Waals surface area contributed by atoms with Gasteiger partial charge in [-0.2, -0.15) is 0 Å². The number of benzene rings is 1. The van der Waals surface area contributed by atoms with Crippen molar-refractivity contribution < 1.29 is 19.4 Å². The Hall–Kier alpha value is -2.25. The minimum Gasteiger partial charge on any atom is -0.486 e. The molecule has 3 N–H and O–H groups in total. The second-order valence-corrected chi connectivity index (χ2v) is 7.90. The molecule has 1 aromatic carbocycles. The van der Waals surface area contributed by atoms with Gasteiger partial charge >= 0.3 is 6.09 Å². The van der Waals surface area contributed by atoms with Crippen LogP contribution in [0.15, 0.2) is 29.8 Å². The fraction of sp³-hybridized carbons (Fsp3) is 0.550. The Morgan fingerprint density at radius 1 is 1.26 bits per heavy atom. The van der Waals surface area contributed by atoms with Crippen LogP contribution in [-0.2, 0) is 6.54 Å². The molecular weight excluding hydrogens is 346 g/mol. The molecule has 0 bridgehead atoms. The van der Waals surface area contributed by atoms with Crippen molar-refractivity contribution in [2.24, 2.45) is 0 Å². The third-order valence-electron chi connectivity index (χ3n) is 4.72. The van der Waals surface area contributed by atoms with E-state index in [0.29, 0.717) is 26.2 Å². The number of carbonyl (C=O) groups is 1. The van der Waals surface area contributed by atoms with Crippen molar-refractivity contribution in [2.75, 3.05) is 26.3 Å². The molecule has 1 unspecified atom stereocenters. The summed E-state index contributed by atoms with van der Waals surface area (Å²) in [7, 11) is 0. The second kappa shape index (κ2) is 8.19. The number of nitrogens with zero attached hydrogens (tertiary/aromatic N) is 1. The quantitative estimate of drug-likeness (QED) is 0.686. The van der Waals surface area contributed by atoms with Crippen LogP contribution >= 0.6 is 0 Å². The predicted molar refractivity (Wildman–Crippen MR) is 103 cm³/mol. The molecule has 0 saturated carbocycles. The average Bonchev–Trinajstić information content (AvgIpc) is 2.61. The van der Waals surface area contributed by atoms with E-state index in [4.69, 9.17) is 9.47 Å². The zero-order valence-electron chi connectivity index (χ0n) is 16.2. The van der Waals surface area contributed by atoms with Crippen LogP contribution in [0.2, 0.25) is 0 Å². The number of amides is 1. The van der Waals surface area contributed by atoms with E-state index in [2.05, 4.69) is 16.7 Å². The van der Waals surface area contributed by atoms with Crippen LogP contribution in [0, 0.1) is 0 Å². The van der Waals surface area contributed by atoms with E-state index in [1.807, 2.05) is 39.0 Å². The lowest BCUT2D eigenvalue weighted by Gasteiger charge is -2.41. The molecule has 2 aliphatic rings. The van der Waals surface area contributed by atoms with E-state index in [-0.39, 0.29) is 6.17 Å². The van der Waals surface area contributed by atoms with E-state index >= 15 is 0 Å². The van der Waals surface area contributed by atoms with Crippen LogP contribution in [0.25, 0.3) is 0 Å². The van der Waals surface area contributed by atoms with Crippen LogP contribution in [0.3, 0.4) is 0 Å². The second-order valence-electron chi connectivity index (χ2n) is 7.90. The summed E-state index contributed by atoms with van der Waals surface area (Å²) in [6.07, 6.45) is 1.72. The zero-order chi connectivity index (χ0) is 19.4. The predicted octanol–water partition coefficient (Wildman–Crippen LogP) is 2.57. The summed E-state index contributed by atoms with van der Waals surface area (Å²) in [6.45, 7) is 9.10. The SMILES string of the molecule is CC(C)(C)N(C(=O)O)C1CC=C(CNCc2ccc3c(c2)OCCO3)CN1. The van der Waals surface area contributed by atoms with Crippen molar-refractivity contribution in [3.63, 3.8) is 0 Å². The van der Waals surface area contributed by atoms with E-state index in [0.717, 1.165) is 30.2 Å². The summed E-state index contributed by atoms with van der Waals surface area (Å²) in [5, 5.41) is 16.3. The molecule has 0 fully saturated rings. The van der Waals surface area contributed by atoms with Crippen molar-refractivity contribution in [3.05, 3.63) is 35.4 Å². The molecule has 1 amide bonds. The first-order valence-electron chi connectivity index (χ1n) is 9.37. The minimum atomic E-state index is -0.895. The van der Waals surface area contributed by atoms with Crippen molar-refractivity contribution in [3.8, 4) is 11.5 Å². The topological polar surface area (TPSA) is 83.1 Å². The monoisotopic (exact) mass is 375 g/mol. The summed E-state index contributed by atoms with van der Waals surface area (Å²) in [5.74, 6) is 1.61. The highest BCUT2D eigenvalue weighted by molar-refractivity contribution is 5.66. The van der Waals surface area contributed by atoms with E-state index in [9.17, 15) is 9.90 Å². The van der Waals surface area contributed by atoms with E-state index in [1.54, 1.807) is 0 Å². The first-order valence-corrected chi connectivity index (χ1v) is 9.37. The average molecular weight is 375 g/mol. The van der Waals surface area contributed by atoms with Crippen molar-refractivity contribution in [2.45, 2.75) is 45.4 Å². The van der Waals surface area contributed by atoms with Gasteiger partial charge in [-0.05, 0) is 50.5 Å². The largest absolute Gasteiger partial charge is 0.486 e. The summed E-state index contributed by atoms with van der Waals surface area (Å²) in [4.78, 5) is 13.1. The highest BCUT2D eigenvalue weighted by Crippen LogP contribution is 2.30. The lowest BCUT2D eigenvalue weighted by Crippen LogP contribution is -2.57. The van der Waals surface area contributed by atoms with Gasteiger partial charge in [-0.1, -0.05) is 12.1 Å². The Morgan fingerprint density at radius 3 is 2.63 bits per heavy atom. The molecule has 148 valence electrons. The summed E-state index contributed by atoms with van der Waals surface area (Å²) >= 11 is 0. The normalized spacial score (nSPS) is 19.4. The third kappa shape index (κ3) is 4.93. The molecule has 0 aliphatic carbocycles. The first kappa shape index (κ1) is 19.5. The van der Waals surface area contributed by atoms with Crippen molar-refractivity contribution >= 4 is 6.09 Å². The maximum absolute atomic E-state index is 11.6. The van der Waals surface area contributed by atoms with Gasteiger partial charge in [-0.3, -0.25) is 10.2 Å². The number of rotatable bonds is 5. The smallest absolute Gasteiger partial charge is 0.409 e. The number of fused-ring (bicyclic) bond motifs is 1. The Bertz CT molecular complexity index is 712. The third-order valence-corrected chi connectivity index (χ3v) is 4.72. The van der Waals surface area contributed by atoms with Crippen LogP contribution in [-0.4, -0.2) is 54.1 Å². The minimum absolute atomic E-state index is 0.191. The zero-order valence-corrected chi connectivity index (χ0v) is 16.2. The molecule has 27 heavy (non-hydrogen) atoms. The standard InChI is InChI=1S/C20H29N3O4/c1-20(2,3)23(19(24)25)18-7-5-15(13-22-18)12-21-11-14-4-6-16-17(10-14)27-9-8-26-16/h4-6,10,18,21-22H,7-9,11-13H2,1-3H3,(H,24,25). The lowest BCUT2D eigenvalue weighted by molar-refractivity contribution is 0.0584. The van der Waals surface area contributed by atoms with Crippen LogP contribution in [0.1, 0.15) is 32.8 Å². The molecule has 3 rings (SSSR count). The molecule has 2 heterocycles. The Labute approximate surface area is 160 Å². The molecule has 0 spiro atoms. The Balaban J connectivity index is 1.50. The lowest BCUT2D eigenvalue weighted by atomic mass is 10.0. The molecule has 7 heteroatoms. The first-order chi connectivity index (χ1) is 12.8. The fourth-order valence-electron chi connectivity index (χ4n) is 3.47. The van der Waals surface area contributed by atoms with Gasteiger partial charge in [0.05, 0.1) is 6.17 Å². The van der Waals surface area contributed by atoms with Crippen LogP contribution < -0.4 is 20.1 Å². The molecule has 2 aliphatic heterocycles. The van der Waals surface area contributed by atoms with Crippen molar-refractivity contribution in [1.29, 1.82) is 0 Å². The Kier molecular flexibility index (Phi) is 5.92. The van der Waals surface area contributed by atoms with Gasteiger partial charge < -0.3 is 19.9 Å². The molecule has 0 aromatic heterocycles. The van der Waals surface area contributed by atoms with Crippen LogP contribution in [0.4, 0.5) is 4.79 Å². The summed E-state index contributed by atoms with van der Waals surface area (Å²) in [5.41, 5.74) is 1.94. The van der Waals surface area contributed by atoms with Gasteiger partial charge in [-0.15, -0.1) is 0 Å². The number of ether oxygens (including phenoxy) is 2. The van der Waals surface area contributed by atoms with Gasteiger partial charge in [0, 0.05) is 25.2 Å². The number of carboxylic acid groups (broad SMARTS) is 1. The van der Waals surface area contributed by atoms with E-state index in [1.165, 1.54) is 10.5 Å². The number of hydrogen-bond donors (Lipinski definition) is 3. The van der Waals surface area contributed by atoms with E-state index < -0.39 is 11.6 Å². The van der Waals surface area contributed by atoms with Crippen LogP contribution in [0.5, 0.6) is 11.5 Å². The van der Waals surface area contributed by atoms with Crippen molar-refractivity contribution in [1.82, 2.24) is 15.5 Å². The van der Waals surface area contributed by atoms with Gasteiger partial charge in [0.2, 0.25) is 0 Å².